The number of amides is 3. The van der Waals surface area contributed by atoms with Crippen molar-refractivity contribution < 1.29 is 37.4 Å². The van der Waals surface area contributed by atoms with E-state index >= 15 is 0 Å². The van der Waals surface area contributed by atoms with Crippen LogP contribution in [0.1, 0.15) is 12.0 Å². The first-order valence-electron chi connectivity index (χ1n) is 9.56. The summed E-state index contributed by atoms with van der Waals surface area (Å²) in [7, 11) is 3.48. The second-order valence-corrected chi connectivity index (χ2v) is 7.35. The van der Waals surface area contributed by atoms with Gasteiger partial charge < -0.3 is 24.5 Å². The fourth-order valence-electron chi connectivity index (χ4n) is 3.35. The molecule has 2 saturated heterocycles. The number of pyridine rings is 1. The van der Waals surface area contributed by atoms with Gasteiger partial charge >= 0.3 is 18.2 Å². The number of likely N-dealkylation sites (tertiary alicyclic amines) is 1. The monoisotopic (exact) mass is 446 g/mol. The minimum atomic E-state index is -5.08. The molecule has 2 aliphatic heterocycles. The predicted octanol–water partition coefficient (Wildman–Crippen LogP) is 1.45. The van der Waals surface area contributed by atoms with Gasteiger partial charge in [-0.3, -0.25) is 9.78 Å². The molecule has 0 aliphatic carbocycles. The maximum atomic E-state index is 12.9. The maximum Gasteiger partial charge on any atom is 0.490 e. The normalized spacial score (nSPS) is 21.4. The molecule has 3 rings (SSSR count). The molecular formula is C19H25F3N4O5. The standard InChI is InChI=1S/C17H24N4O3.C2HF3O2/c1-19(2)17(23)21-7-5-14-15(12-21)24-9-8-20(16(14)22)11-13-4-3-6-18-10-13;3-2(4,5)1(6)7/h3-4,6,10,14-15H,5,7-9,11-12H2,1-2H3;(H,6,7)/t14-,15+;/m1./s1. The molecule has 2 fully saturated rings. The Bertz CT molecular complexity index is 776. The molecule has 0 aromatic carbocycles. The van der Waals surface area contributed by atoms with Crippen molar-refractivity contribution in [2.75, 3.05) is 40.3 Å². The van der Waals surface area contributed by atoms with Crippen LogP contribution in [0.15, 0.2) is 24.5 Å². The number of fused-ring (bicyclic) bond motifs is 1. The van der Waals surface area contributed by atoms with Crippen LogP contribution < -0.4 is 0 Å². The number of alkyl halides is 3. The average molecular weight is 446 g/mol. The Hall–Kier alpha value is -2.89. The van der Waals surface area contributed by atoms with Crippen molar-refractivity contribution in [1.82, 2.24) is 19.7 Å². The number of halogens is 3. The highest BCUT2D eigenvalue weighted by Crippen LogP contribution is 2.26. The third-order valence-corrected chi connectivity index (χ3v) is 4.87. The molecule has 3 amide bonds. The largest absolute Gasteiger partial charge is 0.490 e. The van der Waals surface area contributed by atoms with Gasteiger partial charge in [-0.25, -0.2) is 9.59 Å². The molecule has 1 aromatic rings. The van der Waals surface area contributed by atoms with E-state index in [0.717, 1.165) is 5.56 Å². The van der Waals surface area contributed by atoms with Gasteiger partial charge in [0.1, 0.15) is 0 Å². The number of piperidine rings is 1. The van der Waals surface area contributed by atoms with Crippen LogP contribution in [0.25, 0.3) is 0 Å². The Kier molecular flexibility index (Phi) is 8.20. The molecule has 1 aromatic heterocycles. The summed E-state index contributed by atoms with van der Waals surface area (Å²) in [4.78, 5) is 43.2. The molecule has 172 valence electrons. The number of nitrogens with zero attached hydrogens (tertiary/aromatic N) is 4. The van der Waals surface area contributed by atoms with Crippen molar-refractivity contribution in [3.05, 3.63) is 30.1 Å². The summed E-state index contributed by atoms with van der Waals surface area (Å²) < 4.78 is 37.7. The molecule has 1 N–H and O–H groups in total. The quantitative estimate of drug-likeness (QED) is 0.738. The van der Waals surface area contributed by atoms with Gasteiger partial charge in [0.15, 0.2) is 0 Å². The van der Waals surface area contributed by atoms with Crippen LogP contribution in [0.4, 0.5) is 18.0 Å². The number of aromatic nitrogens is 1. The topological polar surface area (TPSA) is 103 Å². The summed E-state index contributed by atoms with van der Waals surface area (Å²) in [6, 6.07) is 3.82. The van der Waals surface area contributed by atoms with Gasteiger partial charge in [0, 0.05) is 52.7 Å². The minimum Gasteiger partial charge on any atom is -0.475 e. The summed E-state index contributed by atoms with van der Waals surface area (Å²) in [5.41, 5.74) is 1.02. The molecule has 31 heavy (non-hydrogen) atoms. The van der Waals surface area contributed by atoms with Gasteiger partial charge in [-0.05, 0) is 18.1 Å². The maximum absolute atomic E-state index is 12.9. The molecule has 3 heterocycles. The summed E-state index contributed by atoms with van der Waals surface area (Å²) in [6.07, 6.45) is -1.14. The van der Waals surface area contributed by atoms with E-state index in [4.69, 9.17) is 14.6 Å². The molecule has 12 heteroatoms. The number of hydrogen-bond acceptors (Lipinski definition) is 5. The summed E-state index contributed by atoms with van der Waals surface area (Å²) >= 11 is 0. The number of hydrogen-bond donors (Lipinski definition) is 1. The van der Waals surface area contributed by atoms with Crippen molar-refractivity contribution in [2.24, 2.45) is 5.92 Å². The van der Waals surface area contributed by atoms with Gasteiger partial charge in [-0.1, -0.05) is 6.07 Å². The van der Waals surface area contributed by atoms with Crippen molar-refractivity contribution in [3.8, 4) is 0 Å². The molecule has 0 radical (unpaired) electrons. The Labute approximate surface area is 177 Å². The third-order valence-electron chi connectivity index (χ3n) is 4.87. The number of carboxylic acids is 1. The van der Waals surface area contributed by atoms with Crippen LogP contribution in [-0.2, 0) is 20.9 Å². The van der Waals surface area contributed by atoms with Crippen LogP contribution in [0.2, 0.25) is 0 Å². The number of carbonyl (C=O) groups excluding carboxylic acids is 2. The van der Waals surface area contributed by atoms with Gasteiger partial charge in [-0.15, -0.1) is 0 Å². The fourth-order valence-corrected chi connectivity index (χ4v) is 3.35. The Balaban J connectivity index is 0.000000423. The van der Waals surface area contributed by atoms with Crippen molar-refractivity contribution in [1.29, 1.82) is 0 Å². The van der Waals surface area contributed by atoms with Crippen LogP contribution in [-0.4, -0.2) is 95.3 Å². The number of carbonyl (C=O) groups is 3. The van der Waals surface area contributed by atoms with Gasteiger partial charge in [-0.2, -0.15) is 13.2 Å². The van der Waals surface area contributed by atoms with E-state index in [1.165, 1.54) is 0 Å². The first-order valence-corrected chi connectivity index (χ1v) is 9.56. The van der Waals surface area contributed by atoms with E-state index in [9.17, 15) is 22.8 Å². The molecule has 0 spiro atoms. The number of aliphatic carboxylic acids is 1. The second kappa shape index (κ2) is 10.4. The van der Waals surface area contributed by atoms with Crippen LogP contribution in [0.3, 0.4) is 0 Å². The third kappa shape index (κ3) is 6.81. The van der Waals surface area contributed by atoms with E-state index < -0.39 is 12.1 Å². The van der Waals surface area contributed by atoms with Crippen LogP contribution in [0, 0.1) is 5.92 Å². The average Bonchev–Trinajstić information content (AvgIpc) is 2.86. The molecule has 0 bridgehead atoms. The first kappa shape index (κ1) is 24.4. The zero-order valence-electron chi connectivity index (χ0n) is 17.2. The molecule has 9 nitrogen and oxygen atoms in total. The van der Waals surface area contributed by atoms with Crippen molar-refractivity contribution in [3.63, 3.8) is 0 Å². The highest BCUT2D eigenvalue weighted by atomic mass is 19.4. The van der Waals surface area contributed by atoms with E-state index in [1.54, 1.807) is 36.3 Å². The smallest absolute Gasteiger partial charge is 0.475 e. The molecule has 0 unspecified atom stereocenters. The first-order chi connectivity index (χ1) is 14.5. The molecule has 0 saturated carbocycles. The zero-order chi connectivity index (χ0) is 23.2. The molecular weight excluding hydrogens is 421 g/mol. The van der Waals surface area contributed by atoms with Gasteiger partial charge in [0.2, 0.25) is 5.91 Å². The number of ether oxygens (including phenoxy) is 1. The van der Waals surface area contributed by atoms with E-state index in [-0.39, 0.29) is 24.0 Å². The number of rotatable bonds is 2. The zero-order valence-corrected chi connectivity index (χ0v) is 17.2. The van der Waals surface area contributed by atoms with E-state index in [2.05, 4.69) is 4.98 Å². The Morgan fingerprint density at radius 3 is 2.55 bits per heavy atom. The lowest BCUT2D eigenvalue weighted by Gasteiger charge is -2.38. The van der Waals surface area contributed by atoms with E-state index in [0.29, 0.717) is 39.2 Å². The minimum absolute atomic E-state index is 0.0269. The molecule has 2 atom stereocenters. The summed E-state index contributed by atoms with van der Waals surface area (Å²) in [6.45, 7) is 2.70. The number of urea groups is 1. The van der Waals surface area contributed by atoms with Gasteiger partial charge in [0.05, 0.1) is 18.6 Å². The lowest BCUT2D eigenvalue weighted by atomic mass is 9.92. The second-order valence-electron chi connectivity index (χ2n) is 7.35. The van der Waals surface area contributed by atoms with E-state index in [1.807, 2.05) is 17.0 Å². The van der Waals surface area contributed by atoms with Crippen molar-refractivity contribution >= 4 is 17.9 Å². The SMILES string of the molecule is CN(C)C(=O)N1CC[C@H]2C(=O)N(Cc3cccnc3)CCO[C@H]2C1.O=C(O)C(F)(F)F. The van der Waals surface area contributed by atoms with Crippen LogP contribution in [0.5, 0.6) is 0 Å². The highest BCUT2D eigenvalue weighted by molar-refractivity contribution is 5.81. The highest BCUT2D eigenvalue weighted by Gasteiger charge is 2.40. The summed E-state index contributed by atoms with van der Waals surface area (Å²) in [5.74, 6) is -2.80. The molecule has 2 aliphatic rings. The lowest BCUT2D eigenvalue weighted by molar-refractivity contribution is -0.192. The van der Waals surface area contributed by atoms with Crippen molar-refractivity contribution in [2.45, 2.75) is 25.2 Å². The lowest BCUT2D eigenvalue weighted by Crippen LogP contribution is -2.53. The summed E-state index contributed by atoms with van der Waals surface area (Å²) in [5, 5.41) is 7.12. The van der Waals surface area contributed by atoms with Gasteiger partial charge in [0.25, 0.3) is 0 Å². The Morgan fingerprint density at radius 1 is 1.32 bits per heavy atom. The fraction of sp³-hybridized carbons (Fsp3) is 0.579. The Morgan fingerprint density at radius 2 is 2.00 bits per heavy atom. The predicted molar refractivity (Wildman–Crippen MR) is 102 cm³/mol. The van der Waals surface area contributed by atoms with Crippen LogP contribution >= 0.6 is 0 Å². The number of carboxylic acid groups (broad SMARTS) is 1.